The Labute approximate surface area is 109 Å². The highest BCUT2D eigenvalue weighted by Gasteiger charge is 1.99. The summed E-state index contributed by atoms with van der Waals surface area (Å²) < 4.78 is 18.2. The van der Waals surface area contributed by atoms with Crippen LogP contribution in [0.5, 0.6) is 11.5 Å². The number of halogens is 1. The van der Waals surface area contributed by atoms with Crippen LogP contribution in [-0.4, -0.2) is 5.11 Å². The van der Waals surface area contributed by atoms with Crippen LogP contribution >= 0.6 is 12.2 Å². The fraction of sp³-hybridized carbons (Fsp3) is 0. The van der Waals surface area contributed by atoms with Crippen molar-refractivity contribution in [1.29, 1.82) is 0 Å². The highest BCUT2D eigenvalue weighted by atomic mass is 32.1. The number of hydrogen-bond donors (Lipinski definition) is 2. The molecule has 0 bridgehead atoms. The summed E-state index contributed by atoms with van der Waals surface area (Å²) in [4.78, 5) is 0. The molecule has 0 aliphatic rings. The van der Waals surface area contributed by atoms with Gasteiger partial charge in [-0.3, -0.25) is 0 Å². The van der Waals surface area contributed by atoms with Crippen LogP contribution in [0.3, 0.4) is 0 Å². The first-order valence-corrected chi connectivity index (χ1v) is 5.64. The molecule has 2 aromatic carbocycles. The number of benzene rings is 2. The molecule has 2 rings (SSSR count). The lowest BCUT2D eigenvalue weighted by Gasteiger charge is -2.07. The van der Waals surface area contributed by atoms with Gasteiger partial charge in [0, 0.05) is 5.69 Å². The summed E-state index contributed by atoms with van der Waals surface area (Å²) in [6, 6.07) is 12.9. The van der Waals surface area contributed by atoms with Gasteiger partial charge in [0.15, 0.2) is 5.11 Å². The molecule has 0 amide bonds. The molecule has 5 heteroatoms. The standard InChI is InChI=1S/C13H11FN2OS/c14-9-1-5-11(6-2-9)17-12-7-3-10(4-8-12)16-13(15)18/h1-8H,(H3,15,16,18). The summed E-state index contributed by atoms with van der Waals surface area (Å²) in [5.74, 6) is 0.930. The third-order valence-electron chi connectivity index (χ3n) is 2.17. The second-order valence-electron chi connectivity index (χ2n) is 3.57. The molecule has 92 valence electrons. The van der Waals surface area contributed by atoms with Crippen molar-refractivity contribution in [3.8, 4) is 11.5 Å². The molecule has 0 spiro atoms. The predicted octanol–water partition coefficient (Wildman–Crippen LogP) is 3.27. The van der Waals surface area contributed by atoms with Gasteiger partial charge < -0.3 is 15.8 Å². The van der Waals surface area contributed by atoms with E-state index in [1.165, 1.54) is 12.1 Å². The van der Waals surface area contributed by atoms with Crippen molar-refractivity contribution in [2.24, 2.45) is 5.73 Å². The summed E-state index contributed by atoms with van der Waals surface area (Å²) in [6.45, 7) is 0. The molecule has 0 heterocycles. The van der Waals surface area contributed by atoms with Crippen molar-refractivity contribution in [3.63, 3.8) is 0 Å². The SMILES string of the molecule is NC(=S)Nc1ccc(Oc2ccc(F)cc2)cc1. The third kappa shape index (κ3) is 3.43. The molecule has 0 aromatic heterocycles. The minimum atomic E-state index is -0.293. The Morgan fingerprint density at radius 1 is 1.00 bits per heavy atom. The second kappa shape index (κ2) is 5.46. The molecule has 2 aromatic rings. The Bertz CT molecular complexity index is 540. The summed E-state index contributed by atoms with van der Waals surface area (Å²) in [7, 11) is 0. The maximum atomic E-state index is 12.7. The zero-order valence-corrected chi connectivity index (χ0v) is 10.2. The van der Waals surface area contributed by atoms with Gasteiger partial charge in [-0.2, -0.15) is 0 Å². The third-order valence-corrected chi connectivity index (χ3v) is 2.27. The molecule has 18 heavy (non-hydrogen) atoms. The maximum Gasteiger partial charge on any atom is 0.168 e. The molecule has 3 nitrogen and oxygen atoms in total. The monoisotopic (exact) mass is 262 g/mol. The summed E-state index contributed by atoms with van der Waals surface area (Å²) in [5.41, 5.74) is 6.14. The van der Waals surface area contributed by atoms with Crippen LogP contribution in [0.25, 0.3) is 0 Å². The van der Waals surface area contributed by atoms with Crippen LogP contribution in [-0.2, 0) is 0 Å². The predicted molar refractivity (Wildman–Crippen MR) is 73.3 cm³/mol. The zero-order valence-electron chi connectivity index (χ0n) is 9.39. The van der Waals surface area contributed by atoms with Crippen LogP contribution in [0.1, 0.15) is 0 Å². The van der Waals surface area contributed by atoms with E-state index in [1.807, 2.05) is 0 Å². The molecule has 0 fully saturated rings. The van der Waals surface area contributed by atoms with E-state index in [2.05, 4.69) is 5.32 Å². The summed E-state index contributed by atoms with van der Waals surface area (Å²) in [5, 5.41) is 3.02. The molecule has 0 saturated heterocycles. The van der Waals surface area contributed by atoms with E-state index in [9.17, 15) is 4.39 Å². The van der Waals surface area contributed by atoms with Crippen molar-refractivity contribution >= 4 is 23.0 Å². The van der Waals surface area contributed by atoms with Crippen LogP contribution in [0.4, 0.5) is 10.1 Å². The quantitative estimate of drug-likeness (QED) is 0.833. The Hall–Kier alpha value is -2.14. The number of thiocarbonyl (C=S) groups is 1. The smallest absolute Gasteiger partial charge is 0.168 e. The lowest BCUT2D eigenvalue weighted by atomic mass is 10.3. The molecule has 0 aliphatic heterocycles. The largest absolute Gasteiger partial charge is 0.457 e. The normalized spacial score (nSPS) is 9.83. The first-order chi connectivity index (χ1) is 8.63. The van der Waals surface area contributed by atoms with Crippen molar-refractivity contribution < 1.29 is 9.13 Å². The van der Waals surface area contributed by atoms with E-state index < -0.39 is 0 Å². The summed E-state index contributed by atoms with van der Waals surface area (Å²) in [6.07, 6.45) is 0. The van der Waals surface area contributed by atoms with Crippen LogP contribution < -0.4 is 15.8 Å². The molecule has 0 saturated carbocycles. The van der Waals surface area contributed by atoms with Gasteiger partial charge in [-0.05, 0) is 60.7 Å². The van der Waals surface area contributed by atoms with E-state index in [-0.39, 0.29) is 10.9 Å². The Balaban J connectivity index is 2.06. The lowest BCUT2D eigenvalue weighted by Crippen LogP contribution is -2.18. The Kier molecular flexibility index (Phi) is 3.74. The van der Waals surface area contributed by atoms with E-state index in [0.717, 1.165) is 5.69 Å². The second-order valence-corrected chi connectivity index (χ2v) is 4.01. The van der Waals surface area contributed by atoms with Gasteiger partial charge in [-0.25, -0.2) is 4.39 Å². The van der Waals surface area contributed by atoms with E-state index >= 15 is 0 Å². The maximum absolute atomic E-state index is 12.7. The molecular formula is C13H11FN2OS. The van der Waals surface area contributed by atoms with E-state index in [0.29, 0.717) is 11.5 Å². The fourth-order valence-corrected chi connectivity index (χ4v) is 1.51. The van der Waals surface area contributed by atoms with Gasteiger partial charge in [-0.15, -0.1) is 0 Å². The molecule has 0 unspecified atom stereocenters. The minimum Gasteiger partial charge on any atom is -0.457 e. The fourth-order valence-electron chi connectivity index (χ4n) is 1.39. The Morgan fingerprint density at radius 3 is 2.00 bits per heavy atom. The molecule has 0 radical (unpaired) electrons. The van der Waals surface area contributed by atoms with Crippen molar-refractivity contribution in [1.82, 2.24) is 0 Å². The first kappa shape index (κ1) is 12.3. The van der Waals surface area contributed by atoms with Gasteiger partial charge in [0.2, 0.25) is 0 Å². The molecule has 0 aliphatic carbocycles. The topological polar surface area (TPSA) is 47.3 Å². The van der Waals surface area contributed by atoms with Gasteiger partial charge in [0.25, 0.3) is 0 Å². The number of ether oxygens (including phenoxy) is 1. The summed E-state index contributed by atoms with van der Waals surface area (Å²) >= 11 is 4.73. The highest BCUT2D eigenvalue weighted by molar-refractivity contribution is 7.80. The molecule has 0 atom stereocenters. The highest BCUT2D eigenvalue weighted by Crippen LogP contribution is 2.23. The van der Waals surface area contributed by atoms with Crippen molar-refractivity contribution in [2.45, 2.75) is 0 Å². The van der Waals surface area contributed by atoms with Crippen molar-refractivity contribution in [3.05, 3.63) is 54.3 Å². The molecular weight excluding hydrogens is 251 g/mol. The average molecular weight is 262 g/mol. The number of rotatable bonds is 3. The van der Waals surface area contributed by atoms with Crippen LogP contribution in [0, 0.1) is 5.82 Å². The number of nitrogens with two attached hydrogens (primary N) is 1. The minimum absolute atomic E-state index is 0.210. The lowest BCUT2D eigenvalue weighted by molar-refractivity contribution is 0.480. The number of hydrogen-bond acceptors (Lipinski definition) is 2. The average Bonchev–Trinajstić information content (AvgIpc) is 2.34. The number of nitrogens with one attached hydrogen (secondary N) is 1. The van der Waals surface area contributed by atoms with Gasteiger partial charge >= 0.3 is 0 Å². The zero-order chi connectivity index (χ0) is 13.0. The Morgan fingerprint density at radius 2 is 1.50 bits per heavy atom. The van der Waals surface area contributed by atoms with Crippen molar-refractivity contribution in [2.75, 3.05) is 5.32 Å². The van der Waals surface area contributed by atoms with Crippen LogP contribution in [0.15, 0.2) is 48.5 Å². The molecule has 3 N–H and O–H groups in total. The van der Waals surface area contributed by atoms with Gasteiger partial charge in [-0.1, -0.05) is 0 Å². The van der Waals surface area contributed by atoms with Crippen LogP contribution in [0.2, 0.25) is 0 Å². The van der Waals surface area contributed by atoms with E-state index in [1.54, 1.807) is 36.4 Å². The first-order valence-electron chi connectivity index (χ1n) is 5.23. The number of anilines is 1. The van der Waals surface area contributed by atoms with Gasteiger partial charge in [0.05, 0.1) is 0 Å². The van der Waals surface area contributed by atoms with Gasteiger partial charge in [0.1, 0.15) is 17.3 Å². The van der Waals surface area contributed by atoms with E-state index in [4.69, 9.17) is 22.7 Å².